The van der Waals surface area contributed by atoms with Crippen LogP contribution in [0, 0.1) is 10.1 Å². The van der Waals surface area contributed by atoms with E-state index in [-0.39, 0.29) is 17.3 Å². The van der Waals surface area contributed by atoms with Crippen LogP contribution < -0.4 is 0 Å². The van der Waals surface area contributed by atoms with Gasteiger partial charge >= 0.3 is 0 Å². The number of aliphatic hydroxyl groups is 1. The van der Waals surface area contributed by atoms with Crippen LogP contribution in [0.4, 0.5) is 5.69 Å². The summed E-state index contributed by atoms with van der Waals surface area (Å²) < 4.78 is 1.73. The van der Waals surface area contributed by atoms with E-state index in [1.54, 1.807) is 10.6 Å². The van der Waals surface area contributed by atoms with Crippen molar-refractivity contribution in [3.63, 3.8) is 0 Å². The van der Waals surface area contributed by atoms with Gasteiger partial charge in [-0.25, -0.2) is 0 Å². The lowest BCUT2D eigenvalue weighted by molar-refractivity contribution is -0.384. The Morgan fingerprint density at radius 1 is 1.40 bits per heavy atom. The van der Waals surface area contributed by atoms with Gasteiger partial charge in [0, 0.05) is 29.3 Å². The molecule has 8 heteroatoms. The first-order chi connectivity index (χ1) is 9.56. The maximum Gasteiger partial charge on any atom is 0.271 e. The number of halogens is 1. The van der Waals surface area contributed by atoms with Crippen LogP contribution >= 0.6 is 11.6 Å². The van der Waals surface area contributed by atoms with E-state index in [2.05, 4.69) is 10.2 Å². The molecule has 1 N–H and O–H groups in total. The Morgan fingerprint density at radius 2 is 2.15 bits per heavy atom. The standard InChI is InChI=1S/C12H13ClN4O3/c1-2-3-16-11(7-18)14-15-12(16)8-4-9(13)6-10(5-8)17(19)20/h4-6,18H,2-3,7H2,1H3. The second-order valence-corrected chi connectivity index (χ2v) is 4.64. The molecule has 0 aliphatic heterocycles. The van der Waals surface area contributed by atoms with E-state index >= 15 is 0 Å². The van der Waals surface area contributed by atoms with Crippen molar-refractivity contribution in [2.45, 2.75) is 26.5 Å². The quantitative estimate of drug-likeness (QED) is 0.675. The van der Waals surface area contributed by atoms with Crippen LogP contribution in [0.15, 0.2) is 18.2 Å². The normalized spacial score (nSPS) is 10.8. The lowest BCUT2D eigenvalue weighted by Gasteiger charge is -2.08. The zero-order valence-corrected chi connectivity index (χ0v) is 11.5. The number of benzene rings is 1. The average molecular weight is 297 g/mol. The van der Waals surface area contributed by atoms with Gasteiger partial charge in [0.2, 0.25) is 0 Å². The molecule has 0 spiro atoms. The van der Waals surface area contributed by atoms with Crippen molar-refractivity contribution < 1.29 is 10.0 Å². The van der Waals surface area contributed by atoms with E-state index in [9.17, 15) is 15.2 Å². The van der Waals surface area contributed by atoms with E-state index in [1.165, 1.54) is 12.1 Å². The fraction of sp³-hybridized carbons (Fsp3) is 0.333. The molecule has 0 fully saturated rings. The monoisotopic (exact) mass is 296 g/mol. The summed E-state index contributed by atoms with van der Waals surface area (Å²) in [6.07, 6.45) is 0.820. The maximum atomic E-state index is 10.9. The predicted molar refractivity (Wildman–Crippen MR) is 73.3 cm³/mol. The maximum absolute atomic E-state index is 10.9. The minimum absolute atomic E-state index is 0.107. The third-order valence-corrected chi connectivity index (χ3v) is 2.99. The molecule has 2 rings (SSSR count). The molecule has 20 heavy (non-hydrogen) atoms. The summed E-state index contributed by atoms with van der Waals surface area (Å²) in [6.45, 7) is 2.35. The number of aliphatic hydroxyl groups excluding tert-OH is 1. The number of aromatic nitrogens is 3. The van der Waals surface area contributed by atoms with Gasteiger partial charge in [0.25, 0.3) is 5.69 Å². The van der Waals surface area contributed by atoms with Crippen LogP contribution in [0.25, 0.3) is 11.4 Å². The molecule has 0 aliphatic carbocycles. The SMILES string of the molecule is CCCn1c(CO)nnc1-c1cc(Cl)cc([N+](=O)[O-])c1. The second kappa shape index (κ2) is 5.98. The molecule has 1 aromatic carbocycles. The Morgan fingerprint density at radius 3 is 2.75 bits per heavy atom. The zero-order valence-electron chi connectivity index (χ0n) is 10.8. The van der Waals surface area contributed by atoms with E-state index in [1.807, 2.05) is 6.92 Å². The number of rotatable bonds is 5. The Bertz CT molecular complexity index is 642. The van der Waals surface area contributed by atoms with Crippen molar-refractivity contribution in [2.75, 3.05) is 0 Å². The van der Waals surface area contributed by atoms with Crippen molar-refractivity contribution in [3.8, 4) is 11.4 Å². The first-order valence-electron chi connectivity index (χ1n) is 6.05. The topological polar surface area (TPSA) is 94.1 Å². The smallest absolute Gasteiger partial charge is 0.271 e. The van der Waals surface area contributed by atoms with Crippen molar-refractivity contribution in [3.05, 3.63) is 39.2 Å². The first kappa shape index (κ1) is 14.4. The van der Waals surface area contributed by atoms with Crippen LogP contribution in [-0.4, -0.2) is 24.8 Å². The molecule has 0 unspecified atom stereocenters. The summed E-state index contributed by atoms with van der Waals surface area (Å²) in [5.41, 5.74) is 0.397. The van der Waals surface area contributed by atoms with Crippen molar-refractivity contribution in [1.82, 2.24) is 14.8 Å². The molecule has 0 aliphatic rings. The summed E-state index contributed by atoms with van der Waals surface area (Å²) in [7, 11) is 0. The van der Waals surface area contributed by atoms with E-state index in [0.29, 0.717) is 23.8 Å². The van der Waals surface area contributed by atoms with E-state index in [0.717, 1.165) is 6.42 Å². The Hall–Kier alpha value is -1.99. The Labute approximate surface area is 120 Å². The average Bonchev–Trinajstić information content (AvgIpc) is 2.81. The van der Waals surface area contributed by atoms with Gasteiger partial charge in [-0.3, -0.25) is 10.1 Å². The van der Waals surface area contributed by atoms with Crippen LogP contribution in [0.5, 0.6) is 0 Å². The molecule has 2 aromatic rings. The molecular formula is C12H13ClN4O3. The van der Waals surface area contributed by atoms with Gasteiger partial charge in [-0.05, 0) is 12.5 Å². The lowest BCUT2D eigenvalue weighted by Crippen LogP contribution is -2.05. The first-order valence-corrected chi connectivity index (χ1v) is 6.43. The number of hydrogen-bond donors (Lipinski definition) is 1. The third kappa shape index (κ3) is 2.78. The predicted octanol–water partition coefficient (Wildman–Crippen LogP) is 2.41. The van der Waals surface area contributed by atoms with Gasteiger partial charge in [-0.15, -0.1) is 10.2 Å². The lowest BCUT2D eigenvalue weighted by atomic mass is 10.2. The third-order valence-electron chi connectivity index (χ3n) is 2.77. The highest BCUT2D eigenvalue weighted by atomic mass is 35.5. The second-order valence-electron chi connectivity index (χ2n) is 4.20. The summed E-state index contributed by atoms with van der Waals surface area (Å²) in [4.78, 5) is 10.4. The summed E-state index contributed by atoms with van der Waals surface area (Å²) >= 11 is 5.90. The zero-order chi connectivity index (χ0) is 14.7. The van der Waals surface area contributed by atoms with Crippen LogP contribution in [0.3, 0.4) is 0 Å². The Kier molecular flexibility index (Phi) is 4.31. The molecular weight excluding hydrogens is 284 g/mol. The number of nitro groups is 1. The molecule has 0 bridgehead atoms. The van der Waals surface area contributed by atoms with Gasteiger partial charge < -0.3 is 9.67 Å². The molecule has 0 atom stereocenters. The van der Waals surface area contributed by atoms with Crippen molar-refractivity contribution in [1.29, 1.82) is 0 Å². The Balaban J connectivity index is 2.56. The summed E-state index contributed by atoms with van der Waals surface area (Å²) in [5.74, 6) is 0.881. The molecule has 106 valence electrons. The number of hydrogen-bond acceptors (Lipinski definition) is 5. The highest BCUT2D eigenvalue weighted by Gasteiger charge is 2.16. The van der Waals surface area contributed by atoms with Crippen LogP contribution in [-0.2, 0) is 13.2 Å². The summed E-state index contributed by atoms with van der Waals surface area (Å²) in [5, 5.41) is 28.2. The van der Waals surface area contributed by atoms with Crippen molar-refractivity contribution in [2.24, 2.45) is 0 Å². The molecule has 0 amide bonds. The number of nitro benzene ring substituents is 1. The molecule has 0 radical (unpaired) electrons. The fourth-order valence-electron chi connectivity index (χ4n) is 1.93. The molecule has 7 nitrogen and oxygen atoms in total. The molecule has 0 saturated carbocycles. The highest BCUT2D eigenvalue weighted by Crippen LogP contribution is 2.28. The van der Waals surface area contributed by atoms with Gasteiger partial charge in [-0.2, -0.15) is 0 Å². The van der Waals surface area contributed by atoms with Crippen LogP contribution in [0.1, 0.15) is 19.2 Å². The molecule has 1 aromatic heterocycles. The molecule has 0 saturated heterocycles. The molecule has 1 heterocycles. The van der Waals surface area contributed by atoms with Gasteiger partial charge in [0.1, 0.15) is 6.61 Å². The largest absolute Gasteiger partial charge is 0.388 e. The van der Waals surface area contributed by atoms with Gasteiger partial charge in [0.05, 0.1) is 4.92 Å². The van der Waals surface area contributed by atoms with Crippen LogP contribution in [0.2, 0.25) is 5.02 Å². The highest BCUT2D eigenvalue weighted by molar-refractivity contribution is 6.31. The van der Waals surface area contributed by atoms with Gasteiger partial charge in [0.15, 0.2) is 11.6 Å². The minimum atomic E-state index is -0.511. The fourth-order valence-corrected chi connectivity index (χ4v) is 2.16. The minimum Gasteiger partial charge on any atom is -0.388 e. The number of non-ortho nitro benzene ring substituents is 1. The van der Waals surface area contributed by atoms with Crippen molar-refractivity contribution >= 4 is 17.3 Å². The number of nitrogens with zero attached hydrogens (tertiary/aromatic N) is 4. The van der Waals surface area contributed by atoms with Gasteiger partial charge in [-0.1, -0.05) is 18.5 Å². The van der Waals surface area contributed by atoms with E-state index in [4.69, 9.17) is 11.6 Å². The summed E-state index contributed by atoms with van der Waals surface area (Å²) in [6, 6.07) is 4.26. The van der Waals surface area contributed by atoms with E-state index < -0.39 is 4.92 Å².